The molecule has 1 heterocycles. The zero-order valence-electron chi connectivity index (χ0n) is 17.9. The van der Waals surface area contributed by atoms with Crippen LogP contribution in [0.4, 0.5) is 0 Å². The number of carbonyl (C=O) groups excluding carboxylic acids is 2. The van der Waals surface area contributed by atoms with Crippen molar-refractivity contribution >= 4 is 35.2 Å². The van der Waals surface area contributed by atoms with Gasteiger partial charge >= 0.3 is 0 Å². The molecule has 0 fully saturated rings. The van der Waals surface area contributed by atoms with Gasteiger partial charge in [-0.1, -0.05) is 71.9 Å². The molecule has 0 radical (unpaired) electrons. The molecule has 166 valence electrons. The van der Waals surface area contributed by atoms with E-state index in [1.807, 2.05) is 78.2 Å². The molecule has 0 saturated heterocycles. The number of para-hydroxylation sites is 1. The third-order valence-electron chi connectivity index (χ3n) is 4.91. The van der Waals surface area contributed by atoms with E-state index in [4.69, 9.17) is 11.6 Å². The standard InChI is InChI=1S/C25H21ClN4O2S/c1-17-7-5-6-10-21(17)30-24(19-11-13-20(26)14-12-19)28-29-25(30)33-16-23(32)27-22(31)15-18-8-3-2-4-9-18/h2-14H,15-16H2,1H3,(H,27,31,32). The molecule has 1 N–H and O–H groups in total. The number of amides is 2. The molecule has 0 unspecified atom stereocenters. The molecule has 4 rings (SSSR count). The summed E-state index contributed by atoms with van der Waals surface area (Å²) >= 11 is 7.27. The van der Waals surface area contributed by atoms with Gasteiger partial charge in [0.15, 0.2) is 11.0 Å². The lowest BCUT2D eigenvalue weighted by Crippen LogP contribution is -2.33. The van der Waals surface area contributed by atoms with Crippen LogP contribution in [0.15, 0.2) is 84.0 Å². The lowest BCUT2D eigenvalue weighted by molar-refractivity contribution is -0.128. The molecule has 0 spiro atoms. The van der Waals surface area contributed by atoms with Crippen LogP contribution in [-0.2, 0) is 16.0 Å². The van der Waals surface area contributed by atoms with Crippen molar-refractivity contribution in [3.8, 4) is 17.1 Å². The van der Waals surface area contributed by atoms with Crippen molar-refractivity contribution in [1.82, 2.24) is 20.1 Å². The molecule has 2 amide bonds. The first-order valence-electron chi connectivity index (χ1n) is 10.3. The first-order chi connectivity index (χ1) is 16.0. The Morgan fingerprint density at radius 2 is 1.61 bits per heavy atom. The van der Waals surface area contributed by atoms with Gasteiger partial charge in [0.1, 0.15) is 0 Å². The highest BCUT2D eigenvalue weighted by Crippen LogP contribution is 2.30. The van der Waals surface area contributed by atoms with Crippen LogP contribution in [0.3, 0.4) is 0 Å². The monoisotopic (exact) mass is 476 g/mol. The zero-order chi connectivity index (χ0) is 23.2. The third-order valence-corrected chi connectivity index (χ3v) is 6.09. The van der Waals surface area contributed by atoms with Gasteiger partial charge in [0, 0.05) is 10.6 Å². The van der Waals surface area contributed by atoms with Crippen molar-refractivity contribution in [1.29, 1.82) is 0 Å². The number of thioether (sulfide) groups is 1. The minimum atomic E-state index is -0.381. The molecule has 4 aromatic rings. The second-order valence-corrected chi connectivity index (χ2v) is 8.74. The molecule has 0 atom stereocenters. The van der Waals surface area contributed by atoms with Gasteiger partial charge in [-0.15, -0.1) is 10.2 Å². The molecule has 1 aromatic heterocycles. The van der Waals surface area contributed by atoms with Crippen LogP contribution in [0, 0.1) is 6.92 Å². The minimum Gasteiger partial charge on any atom is -0.295 e. The van der Waals surface area contributed by atoms with E-state index in [0.29, 0.717) is 16.0 Å². The molecule has 0 saturated carbocycles. The summed E-state index contributed by atoms with van der Waals surface area (Å²) in [4.78, 5) is 24.6. The summed E-state index contributed by atoms with van der Waals surface area (Å²) in [6, 6.07) is 24.5. The average Bonchev–Trinajstić information content (AvgIpc) is 3.23. The Morgan fingerprint density at radius 1 is 0.909 bits per heavy atom. The van der Waals surface area contributed by atoms with Crippen LogP contribution in [0.5, 0.6) is 0 Å². The second kappa shape index (κ2) is 10.5. The average molecular weight is 477 g/mol. The topological polar surface area (TPSA) is 76.9 Å². The Bertz CT molecular complexity index is 1270. The van der Waals surface area contributed by atoms with Crippen LogP contribution in [-0.4, -0.2) is 32.3 Å². The predicted octanol–water partition coefficient (Wildman–Crippen LogP) is 4.87. The summed E-state index contributed by atoms with van der Waals surface area (Å²) in [6.07, 6.45) is 0.150. The van der Waals surface area contributed by atoms with Crippen LogP contribution in [0.1, 0.15) is 11.1 Å². The SMILES string of the molecule is Cc1ccccc1-n1c(SCC(=O)NC(=O)Cc2ccccc2)nnc1-c1ccc(Cl)cc1. The smallest absolute Gasteiger partial charge is 0.237 e. The number of benzene rings is 3. The van der Waals surface area contributed by atoms with Crippen molar-refractivity contribution in [2.45, 2.75) is 18.5 Å². The van der Waals surface area contributed by atoms with Crippen molar-refractivity contribution in [2.24, 2.45) is 0 Å². The summed E-state index contributed by atoms with van der Waals surface area (Å²) in [5.74, 6) is -0.0445. The quantitative estimate of drug-likeness (QED) is 0.385. The summed E-state index contributed by atoms with van der Waals surface area (Å²) in [6.45, 7) is 2.00. The normalized spacial score (nSPS) is 10.7. The van der Waals surface area contributed by atoms with Gasteiger partial charge in [0.25, 0.3) is 0 Å². The van der Waals surface area contributed by atoms with Crippen LogP contribution >= 0.6 is 23.4 Å². The van der Waals surface area contributed by atoms with Crippen molar-refractivity contribution in [3.05, 3.63) is 95.0 Å². The molecule has 3 aromatic carbocycles. The van der Waals surface area contributed by atoms with Crippen LogP contribution in [0.25, 0.3) is 17.1 Å². The van der Waals surface area contributed by atoms with Gasteiger partial charge in [-0.25, -0.2) is 0 Å². The fourth-order valence-corrected chi connectivity index (χ4v) is 4.20. The summed E-state index contributed by atoms with van der Waals surface area (Å²) in [7, 11) is 0. The largest absolute Gasteiger partial charge is 0.295 e. The maximum absolute atomic E-state index is 12.4. The lowest BCUT2D eigenvalue weighted by atomic mass is 10.1. The molecular weight excluding hydrogens is 456 g/mol. The van der Waals surface area contributed by atoms with Gasteiger partial charge in [-0.2, -0.15) is 0 Å². The Morgan fingerprint density at radius 3 is 2.33 bits per heavy atom. The number of aryl methyl sites for hydroxylation is 1. The van der Waals surface area contributed by atoms with Crippen LogP contribution in [0.2, 0.25) is 5.02 Å². The molecule has 8 heteroatoms. The number of hydrogen-bond donors (Lipinski definition) is 1. The van der Waals surface area contributed by atoms with Gasteiger partial charge in [-0.3, -0.25) is 19.5 Å². The summed E-state index contributed by atoms with van der Waals surface area (Å²) in [5, 5.41) is 12.3. The lowest BCUT2D eigenvalue weighted by Gasteiger charge is -2.13. The van der Waals surface area contributed by atoms with E-state index in [1.165, 1.54) is 11.8 Å². The van der Waals surface area contributed by atoms with Gasteiger partial charge in [0.05, 0.1) is 17.9 Å². The maximum Gasteiger partial charge on any atom is 0.237 e. The zero-order valence-corrected chi connectivity index (χ0v) is 19.4. The van der Waals surface area contributed by atoms with Crippen LogP contribution < -0.4 is 5.32 Å². The second-order valence-electron chi connectivity index (χ2n) is 7.36. The Balaban J connectivity index is 1.53. The van der Waals surface area contributed by atoms with E-state index in [0.717, 1.165) is 22.4 Å². The summed E-state index contributed by atoms with van der Waals surface area (Å²) < 4.78 is 1.92. The number of hydrogen-bond acceptors (Lipinski definition) is 5. The summed E-state index contributed by atoms with van der Waals surface area (Å²) in [5.41, 5.74) is 3.65. The number of aromatic nitrogens is 3. The van der Waals surface area contributed by atoms with Crippen molar-refractivity contribution in [3.63, 3.8) is 0 Å². The third kappa shape index (κ3) is 5.69. The number of nitrogens with zero attached hydrogens (tertiary/aromatic N) is 3. The van der Waals surface area contributed by atoms with Crippen molar-refractivity contribution < 1.29 is 9.59 Å². The Hall–Kier alpha value is -3.42. The number of halogens is 1. The molecule has 0 bridgehead atoms. The van der Waals surface area contributed by atoms with E-state index in [2.05, 4.69) is 15.5 Å². The first-order valence-corrected chi connectivity index (χ1v) is 11.6. The highest BCUT2D eigenvalue weighted by molar-refractivity contribution is 7.99. The van der Waals surface area contributed by atoms with E-state index >= 15 is 0 Å². The van der Waals surface area contributed by atoms with E-state index < -0.39 is 0 Å². The first kappa shape index (κ1) is 22.8. The van der Waals surface area contributed by atoms with Gasteiger partial charge in [-0.05, 0) is 48.4 Å². The number of imide groups is 1. The van der Waals surface area contributed by atoms with E-state index in [9.17, 15) is 9.59 Å². The Labute approximate surface area is 201 Å². The van der Waals surface area contributed by atoms with E-state index in [1.54, 1.807) is 12.1 Å². The van der Waals surface area contributed by atoms with Gasteiger partial charge in [0.2, 0.25) is 11.8 Å². The minimum absolute atomic E-state index is 0.0329. The fraction of sp³-hybridized carbons (Fsp3) is 0.120. The molecule has 6 nitrogen and oxygen atoms in total. The van der Waals surface area contributed by atoms with E-state index in [-0.39, 0.29) is 24.0 Å². The molecule has 0 aliphatic carbocycles. The molecule has 33 heavy (non-hydrogen) atoms. The number of carbonyl (C=O) groups is 2. The number of rotatable bonds is 7. The number of nitrogens with one attached hydrogen (secondary N) is 1. The maximum atomic E-state index is 12.4. The molecule has 0 aliphatic heterocycles. The van der Waals surface area contributed by atoms with Crippen molar-refractivity contribution in [2.75, 3.05) is 5.75 Å². The molecule has 0 aliphatic rings. The Kier molecular flexibility index (Phi) is 7.22. The molecular formula is C25H21ClN4O2S. The highest BCUT2D eigenvalue weighted by atomic mass is 35.5. The highest BCUT2D eigenvalue weighted by Gasteiger charge is 2.19. The fourth-order valence-electron chi connectivity index (χ4n) is 3.33. The predicted molar refractivity (Wildman–Crippen MR) is 131 cm³/mol. The van der Waals surface area contributed by atoms with Gasteiger partial charge < -0.3 is 0 Å².